The van der Waals surface area contributed by atoms with Crippen LogP contribution in [0.4, 0.5) is 0 Å². The summed E-state index contributed by atoms with van der Waals surface area (Å²) in [7, 11) is 5.17. The number of hydrogen-bond acceptors (Lipinski definition) is 9. The first kappa shape index (κ1) is 23.9. The van der Waals surface area contributed by atoms with Gasteiger partial charge in [-0.2, -0.15) is 0 Å². The number of nitrogens with two attached hydrogens (primary N) is 1. The molecule has 2 fully saturated rings. The fourth-order valence-electron chi connectivity index (χ4n) is 4.05. The van der Waals surface area contributed by atoms with E-state index in [1.165, 1.54) is 0 Å². The molecular formula is C18H35N5O6. The summed E-state index contributed by atoms with van der Waals surface area (Å²) in [6, 6.07) is -1.22. The van der Waals surface area contributed by atoms with Gasteiger partial charge in [0.1, 0.15) is 6.10 Å². The van der Waals surface area contributed by atoms with E-state index in [0.717, 1.165) is 6.42 Å². The van der Waals surface area contributed by atoms with Crippen molar-refractivity contribution < 1.29 is 28.9 Å². The minimum absolute atomic E-state index is 0.0879. The van der Waals surface area contributed by atoms with Crippen molar-refractivity contribution in [3.8, 4) is 0 Å². The normalized spacial score (nSPS) is 37.7. The second kappa shape index (κ2) is 11.7. The van der Waals surface area contributed by atoms with Crippen molar-refractivity contribution in [2.45, 2.75) is 68.1 Å². The summed E-state index contributed by atoms with van der Waals surface area (Å²) in [6.07, 6.45) is -0.348. The molecule has 0 unspecified atom stereocenters. The lowest BCUT2D eigenvalue weighted by atomic mass is 9.84. The number of nitrogens with one attached hydrogen (secondary N) is 4. The molecule has 1 saturated carbocycles. The fourth-order valence-corrected chi connectivity index (χ4v) is 4.05. The van der Waals surface area contributed by atoms with E-state index in [1.807, 2.05) is 7.05 Å². The van der Waals surface area contributed by atoms with Crippen LogP contribution in [0.15, 0.2) is 0 Å². The predicted octanol–water partition coefficient (Wildman–Crippen LogP) is -2.98. The summed E-state index contributed by atoms with van der Waals surface area (Å²) in [5.41, 5.74) is 6.28. The first-order chi connectivity index (χ1) is 13.9. The minimum atomic E-state index is -0.907. The Morgan fingerprint density at radius 1 is 1.34 bits per heavy atom. The van der Waals surface area contributed by atoms with Gasteiger partial charge < -0.3 is 46.3 Å². The fraction of sp³-hybridized carbons (Fsp3) is 0.889. The van der Waals surface area contributed by atoms with Crippen molar-refractivity contribution in [3.63, 3.8) is 0 Å². The first-order valence-electron chi connectivity index (χ1n) is 10.0. The molecule has 2 amide bonds. The highest BCUT2D eigenvalue weighted by Crippen LogP contribution is 2.28. The molecule has 1 saturated heterocycles. The van der Waals surface area contributed by atoms with Crippen LogP contribution in [0.5, 0.6) is 0 Å². The molecule has 0 bridgehead atoms. The maximum absolute atomic E-state index is 12.1. The summed E-state index contributed by atoms with van der Waals surface area (Å²) < 4.78 is 17.7. The van der Waals surface area contributed by atoms with Gasteiger partial charge in [0, 0.05) is 19.7 Å². The average Bonchev–Trinajstić information content (AvgIpc) is 2.71. The van der Waals surface area contributed by atoms with E-state index in [9.17, 15) is 14.7 Å². The van der Waals surface area contributed by atoms with Crippen molar-refractivity contribution in [2.75, 3.05) is 34.3 Å². The monoisotopic (exact) mass is 417 g/mol. The lowest BCUT2D eigenvalue weighted by Crippen LogP contribution is -2.65. The van der Waals surface area contributed by atoms with E-state index in [2.05, 4.69) is 21.3 Å². The largest absolute Gasteiger partial charge is 0.389 e. The van der Waals surface area contributed by atoms with Crippen LogP contribution < -0.4 is 27.0 Å². The molecule has 2 rings (SSSR count). The van der Waals surface area contributed by atoms with Gasteiger partial charge in [0.25, 0.3) is 0 Å². The van der Waals surface area contributed by atoms with E-state index in [1.54, 1.807) is 14.2 Å². The zero-order valence-electron chi connectivity index (χ0n) is 17.3. The molecule has 1 aliphatic heterocycles. The number of hydrogen-bond donors (Lipinski definition) is 6. The van der Waals surface area contributed by atoms with E-state index in [4.69, 9.17) is 19.9 Å². The van der Waals surface area contributed by atoms with E-state index >= 15 is 0 Å². The topological polar surface area (TPSA) is 156 Å². The van der Waals surface area contributed by atoms with Gasteiger partial charge in [-0.15, -0.1) is 0 Å². The number of amides is 2. The van der Waals surface area contributed by atoms with Crippen molar-refractivity contribution in [3.05, 3.63) is 0 Å². The summed E-state index contributed by atoms with van der Waals surface area (Å²) in [4.78, 5) is 22.5. The van der Waals surface area contributed by atoms with Crippen LogP contribution in [0.25, 0.3) is 0 Å². The number of methoxy groups -OCH3 is 1. The molecule has 0 aromatic heterocycles. The molecule has 0 aromatic rings. The molecule has 29 heavy (non-hydrogen) atoms. The molecule has 2 aliphatic rings. The van der Waals surface area contributed by atoms with Gasteiger partial charge >= 0.3 is 0 Å². The Morgan fingerprint density at radius 3 is 2.72 bits per heavy atom. The SMILES string of the molecule is CNC[C@@H]1CC[C@@H](NC(=O)CNC=O)[C@H](O[C@H]2[C@H](O)[C@H](NC)[C@H](OC)C[C@@H]2N)O1. The highest BCUT2D eigenvalue weighted by Gasteiger charge is 2.46. The van der Waals surface area contributed by atoms with Crippen LogP contribution in [0, 0.1) is 0 Å². The molecular weight excluding hydrogens is 382 g/mol. The van der Waals surface area contributed by atoms with Gasteiger partial charge in [0.2, 0.25) is 12.3 Å². The summed E-state index contributed by atoms with van der Waals surface area (Å²) >= 11 is 0. The predicted molar refractivity (Wildman–Crippen MR) is 105 cm³/mol. The van der Waals surface area contributed by atoms with E-state index < -0.39 is 30.6 Å². The number of ether oxygens (including phenoxy) is 3. The quantitative estimate of drug-likeness (QED) is 0.204. The first-order valence-corrected chi connectivity index (χ1v) is 10.0. The number of aliphatic hydroxyl groups is 1. The Labute approximate surface area is 171 Å². The number of rotatable bonds is 10. The average molecular weight is 418 g/mol. The molecule has 11 nitrogen and oxygen atoms in total. The van der Waals surface area contributed by atoms with Crippen LogP contribution in [-0.2, 0) is 23.8 Å². The Kier molecular flexibility index (Phi) is 9.69. The van der Waals surface area contributed by atoms with E-state index in [0.29, 0.717) is 25.8 Å². The molecule has 168 valence electrons. The minimum Gasteiger partial charge on any atom is -0.389 e. The van der Waals surface area contributed by atoms with Gasteiger partial charge in [0.05, 0.1) is 36.9 Å². The Morgan fingerprint density at radius 2 is 2.10 bits per heavy atom. The van der Waals surface area contributed by atoms with Crippen LogP contribution in [0.3, 0.4) is 0 Å². The molecule has 0 aromatic carbocycles. The van der Waals surface area contributed by atoms with Gasteiger partial charge in [-0.1, -0.05) is 0 Å². The number of likely N-dealkylation sites (N-methyl/N-ethyl adjacent to an activating group) is 2. The summed E-state index contributed by atoms with van der Waals surface area (Å²) in [6.45, 7) is 0.507. The third-order valence-corrected chi connectivity index (χ3v) is 5.54. The zero-order chi connectivity index (χ0) is 21.4. The van der Waals surface area contributed by atoms with Gasteiger partial charge in [-0.25, -0.2) is 0 Å². The van der Waals surface area contributed by atoms with Gasteiger partial charge in [0.15, 0.2) is 6.29 Å². The number of carbonyl (C=O) groups is 2. The Hall–Kier alpha value is -1.34. The van der Waals surface area contributed by atoms with Crippen molar-refractivity contribution in [1.82, 2.24) is 21.3 Å². The lowest BCUT2D eigenvalue weighted by Gasteiger charge is -2.46. The smallest absolute Gasteiger partial charge is 0.239 e. The standard InChI is InChI=1S/C18H35N5O6/c1-20-7-10-4-5-12(23-14(25)8-22-9-24)18(28-10)29-17-11(19)6-13(27-3)15(21-2)16(17)26/h9-13,15-18,20-21,26H,4-8,19H2,1-3H3,(H,22,24)(H,23,25)/t10-,11-,12+,13+,15+,16+,17+,18-/m0/s1. The van der Waals surface area contributed by atoms with Gasteiger partial charge in [-0.05, 0) is 33.4 Å². The third kappa shape index (κ3) is 6.32. The maximum Gasteiger partial charge on any atom is 0.239 e. The second-order valence-corrected chi connectivity index (χ2v) is 7.51. The second-order valence-electron chi connectivity index (χ2n) is 7.51. The van der Waals surface area contributed by atoms with E-state index in [-0.39, 0.29) is 30.7 Å². The highest BCUT2D eigenvalue weighted by atomic mass is 16.7. The van der Waals surface area contributed by atoms with Crippen molar-refractivity contribution in [2.24, 2.45) is 5.73 Å². The summed E-state index contributed by atoms with van der Waals surface area (Å²) in [5.74, 6) is -0.340. The van der Waals surface area contributed by atoms with Crippen LogP contribution in [0.2, 0.25) is 0 Å². The lowest BCUT2D eigenvalue weighted by molar-refractivity contribution is -0.253. The third-order valence-electron chi connectivity index (χ3n) is 5.54. The van der Waals surface area contributed by atoms with Crippen LogP contribution in [0.1, 0.15) is 19.3 Å². The highest BCUT2D eigenvalue weighted by molar-refractivity contribution is 5.80. The molecule has 7 N–H and O–H groups in total. The Bertz CT molecular complexity index is 527. The van der Waals surface area contributed by atoms with Crippen molar-refractivity contribution >= 4 is 12.3 Å². The molecule has 1 aliphatic carbocycles. The van der Waals surface area contributed by atoms with Crippen LogP contribution in [-0.4, -0.2) is 101 Å². The Balaban J connectivity index is 2.09. The van der Waals surface area contributed by atoms with Crippen LogP contribution >= 0.6 is 0 Å². The van der Waals surface area contributed by atoms with Gasteiger partial charge in [-0.3, -0.25) is 9.59 Å². The maximum atomic E-state index is 12.1. The molecule has 8 atom stereocenters. The molecule has 0 radical (unpaired) electrons. The van der Waals surface area contributed by atoms with Crippen molar-refractivity contribution in [1.29, 1.82) is 0 Å². The molecule has 1 heterocycles. The number of aliphatic hydroxyl groups excluding tert-OH is 1. The number of carbonyl (C=O) groups excluding carboxylic acids is 2. The molecule has 0 spiro atoms. The molecule has 11 heteroatoms. The zero-order valence-corrected chi connectivity index (χ0v) is 17.3. The summed E-state index contributed by atoms with van der Waals surface area (Å²) in [5, 5.41) is 22.1.